The number of Topliss-reactive ketones (excluding diaryl/α,β-unsaturated/α-hetero) is 1. The predicted molar refractivity (Wildman–Crippen MR) is 61.2 cm³/mol. The van der Waals surface area contributed by atoms with Crippen LogP contribution in [0.15, 0.2) is 30.3 Å². The maximum atomic E-state index is 11.7. The van der Waals surface area contributed by atoms with E-state index in [1.54, 1.807) is 12.1 Å². The number of benzene rings is 1. The summed E-state index contributed by atoms with van der Waals surface area (Å²) in [7, 11) is 0. The summed E-state index contributed by atoms with van der Waals surface area (Å²) in [5.74, 6) is 0.0262. The van der Waals surface area contributed by atoms with Gasteiger partial charge in [-0.1, -0.05) is 30.3 Å². The Morgan fingerprint density at radius 1 is 1.12 bits per heavy atom. The largest absolute Gasteiger partial charge is 0.353 e. The van der Waals surface area contributed by atoms with Gasteiger partial charge in [0, 0.05) is 24.4 Å². The van der Waals surface area contributed by atoms with Crippen LogP contribution in [0, 0.1) is 0 Å². The number of ketones is 1. The number of carbonyl (C=O) groups is 2. The van der Waals surface area contributed by atoms with Crippen LogP contribution in [0.25, 0.3) is 0 Å². The lowest BCUT2D eigenvalue weighted by Crippen LogP contribution is -2.25. The molecule has 0 heterocycles. The van der Waals surface area contributed by atoms with E-state index in [2.05, 4.69) is 5.32 Å². The zero-order chi connectivity index (χ0) is 11.4. The van der Waals surface area contributed by atoms with Crippen LogP contribution < -0.4 is 5.32 Å². The molecule has 1 aromatic rings. The molecular weight excluding hydrogens is 202 g/mol. The van der Waals surface area contributed by atoms with E-state index in [9.17, 15) is 9.59 Å². The third-order valence-corrected chi connectivity index (χ3v) is 2.62. The van der Waals surface area contributed by atoms with Crippen LogP contribution in [0.5, 0.6) is 0 Å². The van der Waals surface area contributed by atoms with Crippen molar-refractivity contribution in [2.24, 2.45) is 0 Å². The monoisotopic (exact) mass is 217 g/mol. The molecule has 3 nitrogen and oxygen atoms in total. The van der Waals surface area contributed by atoms with Gasteiger partial charge in [0.25, 0.3) is 0 Å². The average molecular weight is 217 g/mol. The first-order valence-corrected chi connectivity index (χ1v) is 5.63. The number of hydrogen-bond donors (Lipinski definition) is 1. The first-order valence-electron chi connectivity index (χ1n) is 5.63. The summed E-state index contributed by atoms with van der Waals surface area (Å²) in [4.78, 5) is 23.0. The van der Waals surface area contributed by atoms with Crippen LogP contribution >= 0.6 is 0 Å². The molecule has 1 amide bonds. The van der Waals surface area contributed by atoms with Crippen LogP contribution in [0.2, 0.25) is 0 Å². The summed E-state index contributed by atoms with van der Waals surface area (Å²) in [6.45, 7) is 0. The van der Waals surface area contributed by atoms with Gasteiger partial charge in [-0.05, 0) is 12.8 Å². The van der Waals surface area contributed by atoms with Crippen molar-refractivity contribution in [2.75, 3.05) is 0 Å². The van der Waals surface area contributed by atoms with Crippen molar-refractivity contribution in [1.82, 2.24) is 5.32 Å². The molecule has 0 bridgehead atoms. The standard InChI is InChI=1S/C13H15NO2/c15-12(10-4-2-1-3-5-10)8-9-13(16)14-11-6-7-11/h1-5,11H,6-9H2,(H,14,16). The molecule has 3 heteroatoms. The Morgan fingerprint density at radius 2 is 1.81 bits per heavy atom. The van der Waals surface area contributed by atoms with E-state index in [1.165, 1.54) is 0 Å². The van der Waals surface area contributed by atoms with Gasteiger partial charge in [0.1, 0.15) is 0 Å². The highest BCUT2D eigenvalue weighted by molar-refractivity contribution is 5.97. The van der Waals surface area contributed by atoms with Gasteiger partial charge >= 0.3 is 0 Å². The highest BCUT2D eigenvalue weighted by Gasteiger charge is 2.23. The normalized spacial score (nSPS) is 14.5. The Morgan fingerprint density at radius 3 is 2.44 bits per heavy atom. The Kier molecular flexibility index (Phi) is 3.34. The Hall–Kier alpha value is -1.64. The van der Waals surface area contributed by atoms with Gasteiger partial charge in [-0.25, -0.2) is 0 Å². The Labute approximate surface area is 94.9 Å². The lowest BCUT2D eigenvalue weighted by Gasteiger charge is -2.02. The topological polar surface area (TPSA) is 46.2 Å². The zero-order valence-corrected chi connectivity index (χ0v) is 9.11. The summed E-state index contributed by atoms with van der Waals surface area (Å²) in [5, 5.41) is 2.87. The molecule has 1 N–H and O–H groups in total. The highest BCUT2D eigenvalue weighted by Crippen LogP contribution is 2.18. The summed E-state index contributed by atoms with van der Waals surface area (Å²) >= 11 is 0. The molecular formula is C13H15NO2. The number of amides is 1. The molecule has 16 heavy (non-hydrogen) atoms. The molecule has 84 valence electrons. The second-order valence-corrected chi connectivity index (χ2v) is 4.13. The van der Waals surface area contributed by atoms with Crippen LogP contribution in [0.4, 0.5) is 0 Å². The summed E-state index contributed by atoms with van der Waals surface area (Å²) in [5.41, 5.74) is 0.682. The molecule has 1 saturated carbocycles. The van der Waals surface area contributed by atoms with Crippen molar-refractivity contribution in [3.05, 3.63) is 35.9 Å². The van der Waals surface area contributed by atoms with Gasteiger partial charge in [-0.2, -0.15) is 0 Å². The first kappa shape index (κ1) is 10.9. The van der Waals surface area contributed by atoms with E-state index < -0.39 is 0 Å². The lowest BCUT2D eigenvalue weighted by molar-refractivity contribution is -0.121. The van der Waals surface area contributed by atoms with Gasteiger partial charge in [-0.3, -0.25) is 9.59 Å². The molecule has 1 aromatic carbocycles. The molecule has 1 aliphatic rings. The third kappa shape index (κ3) is 3.19. The van der Waals surface area contributed by atoms with E-state index in [-0.39, 0.29) is 11.7 Å². The minimum absolute atomic E-state index is 0.00761. The van der Waals surface area contributed by atoms with Crippen molar-refractivity contribution >= 4 is 11.7 Å². The van der Waals surface area contributed by atoms with E-state index in [0.29, 0.717) is 24.4 Å². The smallest absolute Gasteiger partial charge is 0.220 e. The Bertz CT molecular complexity index is 382. The fourth-order valence-electron chi connectivity index (χ4n) is 1.52. The maximum absolute atomic E-state index is 11.7. The van der Waals surface area contributed by atoms with Crippen LogP contribution in [0.3, 0.4) is 0 Å². The number of hydrogen-bond acceptors (Lipinski definition) is 2. The summed E-state index contributed by atoms with van der Waals surface area (Å²) < 4.78 is 0. The molecule has 1 fully saturated rings. The molecule has 0 spiro atoms. The number of nitrogens with one attached hydrogen (secondary N) is 1. The summed E-state index contributed by atoms with van der Waals surface area (Å²) in [6, 6.07) is 9.47. The SMILES string of the molecule is O=C(CCC(=O)c1ccccc1)NC1CC1. The van der Waals surface area contributed by atoms with Crippen molar-refractivity contribution in [2.45, 2.75) is 31.7 Å². The van der Waals surface area contributed by atoms with Crippen molar-refractivity contribution < 1.29 is 9.59 Å². The van der Waals surface area contributed by atoms with E-state index in [0.717, 1.165) is 12.8 Å². The zero-order valence-electron chi connectivity index (χ0n) is 9.11. The Balaban J connectivity index is 1.77. The van der Waals surface area contributed by atoms with Gasteiger partial charge in [0.15, 0.2) is 5.78 Å². The highest BCUT2D eigenvalue weighted by atomic mass is 16.2. The second kappa shape index (κ2) is 4.92. The molecule has 0 aliphatic heterocycles. The van der Waals surface area contributed by atoms with Crippen molar-refractivity contribution in [3.63, 3.8) is 0 Å². The number of rotatable bonds is 5. The lowest BCUT2D eigenvalue weighted by atomic mass is 10.1. The molecule has 1 aliphatic carbocycles. The molecule has 0 aromatic heterocycles. The van der Waals surface area contributed by atoms with Gasteiger partial charge in [0.2, 0.25) is 5.91 Å². The molecule has 0 saturated heterocycles. The minimum Gasteiger partial charge on any atom is -0.353 e. The second-order valence-electron chi connectivity index (χ2n) is 4.13. The average Bonchev–Trinajstić information content (AvgIpc) is 3.11. The molecule has 0 radical (unpaired) electrons. The first-order chi connectivity index (χ1) is 7.75. The molecule has 0 atom stereocenters. The maximum Gasteiger partial charge on any atom is 0.220 e. The van der Waals surface area contributed by atoms with Crippen molar-refractivity contribution in [3.8, 4) is 0 Å². The number of carbonyl (C=O) groups excluding carboxylic acids is 2. The van der Waals surface area contributed by atoms with E-state index in [1.807, 2.05) is 18.2 Å². The quantitative estimate of drug-likeness (QED) is 0.766. The van der Waals surface area contributed by atoms with Crippen LogP contribution in [-0.4, -0.2) is 17.7 Å². The molecule has 0 unspecified atom stereocenters. The fraction of sp³-hybridized carbons (Fsp3) is 0.385. The fourth-order valence-corrected chi connectivity index (χ4v) is 1.52. The van der Waals surface area contributed by atoms with Crippen molar-refractivity contribution in [1.29, 1.82) is 0 Å². The van der Waals surface area contributed by atoms with E-state index >= 15 is 0 Å². The van der Waals surface area contributed by atoms with Crippen LogP contribution in [-0.2, 0) is 4.79 Å². The minimum atomic E-state index is -0.00761. The van der Waals surface area contributed by atoms with E-state index in [4.69, 9.17) is 0 Å². The summed E-state index contributed by atoms with van der Waals surface area (Å²) in [6.07, 6.45) is 2.75. The van der Waals surface area contributed by atoms with Crippen LogP contribution in [0.1, 0.15) is 36.0 Å². The molecule has 2 rings (SSSR count). The van der Waals surface area contributed by atoms with Gasteiger partial charge in [0.05, 0.1) is 0 Å². The van der Waals surface area contributed by atoms with Gasteiger partial charge < -0.3 is 5.32 Å². The third-order valence-electron chi connectivity index (χ3n) is 2.62. The van der Waals surface area contributed by atoms with Gasteiger partial charge in [-0.15, -0.1) is 0 Å². The predicted octanol–water partition coefficient (Wildman–Crippen LogP) is 1.93.